The number of amides is 1. The van der Waals surface area contributed by atoms with Crippen LogP contribution in [0, 0.1) is 0 Å². The molecule has 0 aliphatic carbocycles. The molecule has 136 valence electrons. The van der Waals surface area contributed by atoms with Crippen molar-refractivity contribution in [3.8, 4) is 0 Å². The van der Waals surface area contributed by atoms with E-state index in [4.69, 9.17) is 10.5 Å². The SMILES string of the molecule is CC(OC(=O)c1ccc(N)cc1)C(=O)N(c1ccccc1)c1ccccc1. The minimum atomic E-state index is -0.963. The molecular weight excluding hydrogens is 340 g/mol. The number of nitrogens with two attached hydrogens (primary N) is 1. The Labute approximate surface area is 158 Å². The quantitative estimate of drug-likeness (QED) is 0.547. The maximum Gasteiger partial charge on any atom is 0.338 e. The number of nitrogen functional groups attached to an aromatic ring is 1. The van der Waals surface area contributed by atoms with Crippen LogP contribution in [0.25, 0.3) is 0 Å². The highest BCUT2D eigenvalue weighted by Crippen LogP contribution is 2.26. The van der Waals surface area contributed by atoms with Crippen LogP contribution in [0.15, 0.2) is 84.9 Å². The standard InChI is InChI=1S/C22H20N2O3/c1-16(27-22(26)17-12-14-18(23)15-13-17)21(25)24(19-8-4-2-5-9-19)20-10-6-3-7-11-20/h2-16H,23H2,1H3. The minimum absolute atomic E-state index is 0.337. The van der Waals surface area contributed by atoms with Gasteiger partial charge in [0.15, 0.2) is 6.10 Å². The van der Waals surface area contributed by atoms with E-state index in [0.29, 0.717) is 22.6 Å². The lowest BCUT2D eigenvalue weighted by Gasteiger charge is -2.26. The van der Waals surface area contributed by atoms with E-state index in [-0.39, 0.29) is 5.91 Å². The fourth-order valence-corrected chi connectivity index (χ4v) is 2.64. The van der Waals surface area contributed by atoms with Gasteiger partial charge in [0.2, 0.25) is 0 Å². The second kappa shape index (κ2) is 8.19. The summed E-state index contributed by atoms with van der Waals surface area (Å²) in [6.45, 7) is 1.57. The number of carbonyl (C=O) groups excluding carboxylic acids is 2. The van der Waals surface area contributed by atoms with Crippen LogP contribution >= 0.6 is 0 Å². The minimum Gasteiger partial charge on any atom is -0.449 e. The molecule has 0 aliphatic rings. The summed E-state index contributed by atoms with van der Waals surface area (Å²) in [7, 11) is 0. The van der Waals surface area contributed by atoms with Crippen molar-refractivity contribution >= 4 is 28.9 Å². The molecule has 3 aromatic carbocycles. The zero-order valence-corrected chi connectivity index (χ0v) is 14.9. The Balaban J connectivity index is 1.83. The molecule has 0 bridgehead atoms. The van der Waals surface area contributed by atoms with Crippen molar-refractivity contribution in [1.29, 1.82) is 0 Å². The molecule has 0 saturated heterocycles. The van der Waals surface area contributed by atoms with Gasteiger partial charge in [0.25, 0.3) is 5.91 Å². The third-order valence-electron chi connectivity index (χ3n) is 4.03. The van der Waals surface area contributed by atoms with Crippen LogP contribution in [0.4, 0.5) is 17.1 Å². The first-order valence-corrected chi connectivity index (χ1v) is 8.57. The van der Waals surface area contributed by atoms with Gasteiger partial charge in [0.1, 0.15) is 0 Å². The highest BCUT2D eigenvalue weighted by atomic mass is 16.5. The van der Waals surface area contributed by atoms with E-state index in [9.17, 15) is 9.59 Å². The zero-order valence-electron chi connectivity index (χ0n) is 14.9. The first-order valence-electron chi connectivity index (χ1n) is 8.57. The van der Waals surface area contributed by atoms with Gasteiger partial charge in [-0.1, -0.05) is 36.4 Å². The van der Waals surface area contributed by atoms with Gasteiger partial charge in [-0.15, -0.1) is 0 Å². The highest BCUT2D eigenvalue weighted by Gasteiger charge is 2.26. The first-order chi connectivity index (χ1) is 13.1. The van der Waals surface area contributed by atoms with Crippen LogP contribution in [0.2, 0.25) is 0 Å². The largest absolute Gasteiger partial charge is 0.449 e. The average molecular weight is 360 g/mol. The summed E-state index contributed by atoms with van der Waals surface area (Å²) in [5.74, 6) is -0.909. The van der Waals surface area contributed by atoms with E-state index in [1.165, 1.54) is 0 Å². The van der Waals surface area contributed by atoms with Gasteiger partial charge in [-0.3, -0.25) is 9.69 Å². The predicted octanol–water partition coefficient (Wildman–Crippen LogP) is 4.18. The number of para-hydroxylation sites is 2. The molecule has 0 radical (unpaired) electrons. The summed E-state index contributed by atoms with van der Waals surface area (Å²) in [6, 6.07) is 24.9. The van der Waals surface area contributed by atoms with Crippen molar-refractivity contribution in [3.63, 3.8) is 0 Å². The van der Waals surface area contributed by atoms with Gasteiger partial charge in [0.05, 0.1) is 5.56 Å². The smallest absolute Gasteiger partial charge is 0.338 e. The van der Waals surface area contributed by atoms with Crippen LogP contribution in [-0.4, -0.2) is 18.0 Å². The summed E-state index contributed by atoms with van der Waals surface area (Å²) < 4.78 is 5.39. The normalized spacial score (nSPS) is 11.4. The van der Waals surface area contributed by atoms with Crippen molar-refractivity contribution in [3.05, 3.63) is 90.5 Å². The summed E-state index contributed by atoms with van der Waals surface area (Å²) in [5, 5.41) is 0. The average Bonchev–Trinajstić information content (AvgIpc) is 2.70. The molecule has 1 atom stereocenters. The first kappa shape index (κ1) is 18.2. The summed E-state index contributed by atoms with van der Waals surface area (Å²) >= 11 is 0. The number of hydrogen-bond donors (Lipinski definition) is 1. The lowest BCUT2D eigenvalue weighted by atomic mass is 10.2. The number of rotatable bonds is 5. The van der Waals surface area contributed by atoms with E-state index in [1.807, 2.05) is 60.7 Å². The van der Waals surface area contributed by atoms with Gasteiger partial charge in [-0.2, -0.15) is 0 Å². The van der Waals surface area contributed by atoms with Crippen molar-refractivity contribution in [2.24, 2.45) is 0 Å². The molecule has 0 aliphatic heterocycles. The van der Waals surface area contributed by atoms with Crippen LogP contribution in [0.5, 0.6) is 0 Å². The Hall–Kier alpha value is -3.60. The molecule has 1 amide bonds. The van der Waals surface area contributed by atoms with Gasteiger partial charge < -0.3 is 10.5 Å². The third-order valence-corrected chi connectivity index (χ3v) is 4.03. The number of anilines is 3. The van der Waals surface area contributed by atoms with Crippen LogP contribution in [0.1, 0.15) is 17.3 Å². The lowest BCUT2D eigenvalue weighted by Crippen LogP contribution is -2.37. The number of hydrogen-bond acceptors (Lipinski definition) is 4. The fourth-order valence-electron chi connectivity index (χ4n) is 2.64. The number of nitrogens with zero attached hydrogens (tertiary/aromatic N) is 1. The molecule has 0 fully saturated rings. The molecule has 2 N–H and O–H groups in total. The van der Waals surface area contributed by atoms with E-state index in [0.717, 1.165) is 0 Å². The molecule has 1 unspecified atom stereocenters. The maximum absolute atomic E-state index is 13.1. The molecule has 5 heteroatoms. The van der Waals surface area contributed by atoms with E-state index in [1.54, 1.807) is 36.1 Å². The Morgan fingerprint density at radius 1 is 0.815 bits per heavy atom. The highest BCUT2D eigenvalue weighted by molar-refractivity contribution is 6.04. The topological polar surface area (TPSA) is 72.6 Å². The van der Waals surface area contributed by atoms with E-state index in [2.05, 4.69) is 0 Å². The monoisotopic (exact) mass is 360 g/mol. The van der Waals surface area contributed by atoms with Gasteiger partial charge in [-0.25, -0.2) is 4.79 Å². The Morgan fingerprint density at radius 3 is 1.78 bits per heavy atom. The van der Waals surface area contributed by atoms with Crippen molar-refractivity contribution < 1.29 is 14.3 Å². The number of esters is 1. The molecule has 0 saturated carbocycles. The summed E-state index contributed by atoms with van der Waals surface area (Å²) in [4.78, 5) is 27.0. The third kappa shape index (κ3) is 4.33. The van der Waals surface area contributed by atoms with E-state index < -0.39 is 12.1 Å². The second-order valence-corrected chi connectivity index (χ2v) is 6.01. The zero-order chi connectivity index (χ0) is 19.2. The van der Waals surface area contributed by atoms with Gasteiger partial charge >= 0.3 is 5.97 Å². The maximum atomic E-state index is 13.1. The van der Waals surface area contributed by atoms with Crippen LogP contribution < -0.4 is 10.6 Å². The number of benzene rings is 3. The lowest BCUT2D eigenvalue weighted by molar-refractivity contribution is -0.125. The molecular formula is C22H20N2O3. The van der Waals surface area contributed by atoms with Gasteiger partial charge in [0, 0.05) is 17.1 Å². The van der Waals surface area contributed by atoms with E-state index >= 15 is 0 Å². The van der Waals surface area contributed by atoms with Crippen molar-refractivity contribution in [2.75, 3.05) is 10.6 Å². The molecule has 27 heavy (non-hydrogen) atoms. The van der Waals surface area contributed by atoms with Crippen molar-refractivity contribution in [2.45, 2.75) is 13.0 Å². The molecule has 0 aromatic heterocycles. The van der Waals surface area contributed by atoms with Crippen LogP contribution in [0.3, 0.4) is 0 Å². The van der Waals surface area contributed by atoms with Gasteiger partial charge in [-0.05, 0) is 55.5 Å². The Bertz CT molecular complexity index is 870. The molecule has 3 rings (SSSR count). The molecule has 5 nitrogen and oxygen atoms in total. The van der Waals surface area contributed by atoms with Crippen molar-refractivity contribution in [1.82, 2.24) is 0 Å². The fraction of sp³-hybridized carbons (Fsp3) is 0.0909. The summed E-state index contributed by atoms with van der Waals surface area (Å²) in [6.07, 6.45) is -0.963. The Morgan fingerprint density at radius 2 is 1.30 bits per heavy atom. The molecule has 0 spiro atoms. The summed E-state index contributed by atoms with van der Waals surface area (Å²) in [5.41, 5.74) is 7.92. The second-order valence-electron chi connectivity index (χ2n) is 6.01. The molecule has 0 heterocycles. The Kier molecular flexibility index (Phi) is 5.52. The van der Waals surface area contributed by atoms with Crippen LogP contribution in [-0.2, 0) is 9.53 Å². The predicted molar refractivity (Wildman–Crippen MR) is 106 cm³/mol. The number of ether oxygens (including phenoxy) is 1. The molecule has 3 aromatic rings. The number of carbonyl (C=O) groups is 2.